The zero-order chi connectivity index (χ0) is 15.1. The van der Waals surface area contributed by atoms with Crippen molar-refractivity contribution < 1.29 is 4.79 Å². The Hall–Kier alpha value is -2.68. The number of rotatable bonds is 1. The molecule has 3 aromatic rings. The first-order valence-electron chi connectivity index (χ1n) is 7.51. The number of pyridine rings is 1. The second kappa shape index (κ2) is 4.95. The first-order valence-corrected chi connectivity index (χ1v) is 7.51. The Morgan fingerprint density at radius 1 is 1.09 bits per heavy atom. The Morgan fingerprint density at radius 3 is 2.82 bits per heavy atom. The third kappa shape index (κ3) is 1.90. The van der Waals surface area contributed by atoms with E-state index >= 15 is 0 Å². The summed E-state index contributed by atoms with van der Waals surface area (Å²) >= 11 is 0. The van der Waals surface area contributed by atoms with Crippen molar-refractivity contribution in [3.63, 3.8) is 0 Å². The van der Waals surface area contributed by atoms with Crippen LogP contribution in [0.1, 0.15) is 22.8 Å². The lowest BCUT2D eigenvalue weighted by atomic mass is 10.1. The van der Waals surface area contributed by atoms with Crippen molar-refractivity contribution in [1.29, 1.82) is 0 Å². The van der Waals surface area contributed by atoms with E-state index in [-0.39, 0.29) is 11.9 Å². The van der Waals surface area contributed by atoms with Crippen LogP contribution in [-0.4, -0.2) is 16.9 Å². The van der Waals surface area contributed by atoms with Gasteiger partial charge < -0.3 is 4.90 Å². The van der Waals surface area contributed by atoms with Crippen LogP contribution in [0.3, 0.4) is 0 Å². The molecule has 2 heterocycles. The zero-order valence-corrected chi connectivity index (χ0v) is 12.4. The van der Waals surface area contributed by atoms with E-state index in [0.29, 0.717) is 5.56 Å². The molecule has 0 radical (unpaired) electrons. The summed E-state index contributed by atoms with van der Waals surface area (Å²) in [5, 5.41) is 0.994. The van der Waals surface area contributed by atoms with Crippen LogP contribution in [-0.2, 0) is 6.42 Å². The fourth-order valence-corrected chi connectivity index (χ4v) is 3.28. The van der Waals surface area contributed by atoms with Gasteiger partial charge in [0, 0.05) is 23.3 Å². The van der Waals surface area contributed by atoms with Crippen LogP contribution in [0.4, 0.5) is 5.69 Å². The van der Waals surface area contributed by atoms with Gasteiger partial charge in [-0.2, -0.15) is 0 Å². The summed E-state index contributed by atoms with van der Waals surface area (Å²) in [6.07, 6.45) is 2.64. The van der Waals surface area contributed by atoms with Crippen LogP contribution in [0.5, 0.6) is 0 Å². The molecule has 2 aromatic carbocycles. The number of hydrogen-bond donors (Lipinski definition) is 0. The first kappa shape index (κ1) is 13.0. The summed E-state index contributed by atoms with van der Waals surface area (Å²) < 4.78 is 0. The molecule has 1 unspecified atom stereocenters. The van der Waals surface area contributed by atoms with Crippen molar-refractivity contribution >= 4 is 22.5 Å². The fraction of sp³-hybridized carbons (Fsp3) is 0.158. The monoisotopic (exact) mass is 288 g/mol. The average Bonchev–Trinajstić information content (AvgIpc) is 2.89. The smallest absolute Gasteiger partial charge is 0.260 e. The maximum Gasteiger partial charge on any atom is 0.260 e. The predicted molar refractivity (Wildman–Crippen MR) is 88.2 cm³/mol. The Bertz CT molecular complexity index is 867. The van der Waals surface area contributed by atoms with Gasteiger partial charge in [0.15, 0.2) is 0 Å². The predicted octanol–water partition coefficient (Wildman–Crippen LogP) is 3.83. The van der Waals surface area contributed by atoms with E-state index in [1.165, 1.54) is 5.56 Å². The number of hydrogen-bond acceptors (Lipinski definition) is 2. The van der Waals surface area contributed by atoms with Crippen molar-refractivity contribution in [3.8, 4) is 0 Å². The highest BCUT2D eigenvalue weighted by atomic mass is 16.2. The number of aromatic nitrogens is 1. The van der Waals surface area contributed by atoms with Gasteiger partial charge in [-0.25, -0.2) is 0 Å². The minimum absolute atomic E-state index is 0.0294. The van der Waals surface area contributed by atoms with Crippen LogP contribution < -0.4 is 4.90 Å². The summed E-state index contributed by atoms with van der Waals surface area (Å²) in [5.41, 5.74) is 3.69. The van der Waals surface area contributed by atoms with E-state index in [1.54, 1.807) is 6.20 Å². The van der Waals surface area contributed by atoms with Crippen LogP contribution in [0.25, 0.3) is 10.9 Å². The number of benzene rings is 2. The molecule has 3 heteroatoms. The molecule has 108 valence electrons. The minimum Gasteiger partial charge on any atom is -0.305 e. The molecule has 22 heavy (non-hydrogen) atoms. The Labute approximate surface area is 129 Å². The topological polar surface area (TPSA) is 33.2 Å². The third-order valence-electron chi connectivity index (χ3n) is 4.29. The summed E-state index contributed by atoms with van der Waals surface area (Å²) in [6.45, 7) is 2.09. The number of para-hydroxylation sites is 2. The van der Waals surface area contributed by atoms with Gasteiger partial charge in [-0.15, -0.1) is 0 Å². The summed E-state index contributed by atoms with van der Waals surface area (Å²) in [5.74, 6) is 0.0294. The van der Waals surface area contributed by atoms with Crippen LogP contribution >= 0.6 is 0 Å². The summed E-state index contributed by atoms with van der Waals surface area (Å²) in [4.78, 5) is 19.4. The summed E-state index contributed by atoms with van der Waals surface area (Å²) in [7, 11) is 0. The molecule has 1 amide bonds. The molecule has 0 saturated carbocycles. The van der Waals surface area contributed by atoms with Gasteiger partial charge in [0.25, 0.3) is 5.91 Å². The maximum absolute atomic E-state index is 13.1. The van der Waals surface area contributed by atoms with Gasteiger partial charge in [0.1, 0.15) is 0 Å². The summed E-state index contributed by atoms with van der Waals surface area (Å²) in [6, 6.07) is 18.0. The molecule has 1 aliphatic rings. The SMILES string of the molecule is CC1Cc2ccccc2N1C(=O)c1cccc2cccnc12. The van der Waals surface area contributed by atoms with E-state index in [9.17, 15) is 4.79 Å². The molecule has 0 saturated heterocycles. The van der Waals surface area contributed by atoms with Gasteiger partial charge in [-0.1, -0.05) is 36.4 Å². The molecule has 0 aliphatic carbocycles. The lowest BCUT2D eigenvalue weighted by molar-refractivity contribution is 0.0983. The molecular formula is C19H16N2O. The quantitative estimate of drug-likeness (QED) is 0.682. The van der Waals surface area contributed by atoms with Crippen LogP contribution in [0.15, 0.2) is 60.8 Å². The normalized spacial score (nSPS) is 16.8. The van der Waals surface area contributed by atoms with Crippen LogP contribution in [0, 0.1) is 0 Å². The molecule has 1 atom stereocenters. The largest absolute Gasteiger partial charge is 0.305 e. The minimum atomic E-state index is 0.0294. The highest BCUT2D eigenvalue weighted by Crippen LogP contribution is 2.33. The van der Waals surface area contributed by atoms with E-state index in [1.807, 2.05) is 53.4 Å². The second-order valence-corrected chi connectivity index (χ2v) is 5.74. The molecule has 1 aromatic heterocycles. The fourth-order valence-electron chi connectivity index (χ4n) is 3.28. The number of fused-ring (bicyclic) bond motifs is 2. The Balaban J connectivity index is 1.85. The molecule has 3 nitrogen and oxygen atoms in total. The van der Waals surface area contributed by atoms with Gasteiger partial charge in [0.2, 0.25) is 0 Å². The van der Waals surface area contributed by atoms with Crippen molar-refractivity contribution in [2.75, 3.05) is 4.90 Å². The first-order chi connectivity index (χ1) is 10.8. The lowest BCUT2D eigenvalue weighted by Gasteiger charge is -2.23. The standard InChI is InChI=1S/C19H16N2O/c1-13-12-15-6-2-3-10-17(15)21(13)19(22)16-9-4-7-14-8-5-11-20-18(14)16/h2-11,13H,12H2,1H3. The average molecular weight is 288 g/mol. The second-order valence-electron chi connectivity index (χ2n) is 5.74. The maximum atomic E-state index is 13.1. The van der Waals surface area contributed by atoms with Crippen LogP contribution in [0.2, 0.25) is 0 Å². The number of carbonyl (C=O) groups excluding carboxylic acids is 1. The van der Waals surface area contributed by atoms with E-state index in [0.717, 1.165) is 23.0 Å². The number of nitrogens with zero attached hydrogens (tertiary/aromatic N) is 2. The molecule has 4 rings (SSSR count). The van der Waals surface area contributed by atoms with E-state index in [4.69, 9.17) is 0 Å². The van der Waals surface area contributed by atoms with Gasteiger partial charge in [-0.05, 0) is 37.1 Å². The van der Waals surface area contributed by atoms with Gasteiger partial charge >= 0.3 is 0 Å². The highest BCUT2D eigenvalue weighted by Gasteiger charge is 2.31. The van der Waals surface area contributed by atoms with Crippen molar-refractivity contribution in [1.82, 2.24) is 4.98 Å². The molecule has 0 spiro atoms. The van der Waals surface area contributed by atoms with E-state index in [2.05, 4.69) is 18.0 Å². The van der Waals surface area contributed by atoms with E-state index < -0.39 is 0 Å². The zero-order valence-electron chi connectivity index (χ0n) is 12.4. The van der Waals surface area contributed by atoms with Crippen molar-refractivity contribution in [3.05, 3.63) is 71.9 Å². The van der Waals surface area contributed by atoms with Crippen molar-refractivity contribution in [2.24, 2.45) is 0 Å². The lowest BCUT2D eigenvalue weighted by Crippen LogP contribution is -2.35. The number of amides is 1. The molecular weight excluding hydrogens is 272 g/mol. The van der Waals surface area contributed by atoms with Gasteiger partial charge in [-0.3, -0.25) is 9.78 Å². The van der Waals surface area contributed by atoms with Crippen molar-refractivity contribution in [2.45, 2.75) is 19.4 Å². The molecule has 0 bridgehead atoms. The molecule has 0 fully saturated rings. The number of carbonyl (C=O) groups is 1. The number of anilines is 1. The highest BCUT2D eigenvalue weighted by molar-refractivity contribution is 6.14. The molecule has 1 aliphatic heterocycles. The van der Waals surface area contributed by atoms with Gasteiger partial charge in [0.05, 0.1) is 11.1 Å². The third-order valence-corrected chi connectivity index (χ3v) is 4.29. The Morgan fingerprint density at radius 2 is 1.91 bits per heavy atom. The Kier molecular flexibility index (Phi) is 2.93. The molecule has 0 N–H and O–H groups in total.